The molecule has 0 heterocycles. The molecule has 2 heteroatoms. The minimum atomic E-state index is -0.582. The van der Waals surface area contributed by atoms with Crippen molar-refractivity contribution in [1.29, 1.82) is 0 Å². The molecule has 0 unspecified atom stereocenters. The van der Waals surface area contributed by atoms with Crippen molar-refractivity contribution >= 4 is 5.78 Å². The van der Waals surface area contributed by atoms with Gasteiger partial charge in [-0.15, -0.1) is 6.42 Å². The summed E-state index contributed by atoms with van der Waals surface area (Å²) in [6.45, 7) is 4.27. The molecule has 0 aromatic heterocycles. The van der Waals surface area contributed by atoms with Gasteiger partial charge in [0.15, 0.2) is 5.78 Å². The van der Waals surface area contributed by atoms with E-state index in [2.05, 4.69) is 18.9 Å². The van der Waals surface area contributed by atoms with Crippen molar-refractivity contribution in [2.24, 2.45) is 22.7 Å². The summed E-state index contributed by atoms with van der Waals surface area (Å²) in [5.41, 5.74) is 1.63. The van der Waals surface area contributed by atoms with Crippen LogP contribution in [0.1, 0.15) is 58.8 Å². The van der Waals surface area contributed by atoms with Crippen molar-refractivity contribution in [2.45, 2.75) is 64.4 Å². The van der Waals surface area contributed by atoms with Crippen molar-refractivity contribution in [3.8, 4) is 12.3 Å². The third-order valence-electron chi connectivity index (χ3n) is 7.72. The lowest BCUT2D eigenvalue weighted by molar-refractivity contribution is -0.115. The van der Waals surface area contributed by atoms with Gasteiger partial charge < -0.3 is 5.11 Å². The molecule has 0 spiro atoms. The van der Waals surface area contributed by atoms with Gasteiger partial charge in [0.1, 0.15) is 0 Å². The number of carbonyl (C=O) groups is 1. The normalized spacial score (nSPS) is 48.5. The van der Waals surface area contributed by atoms with Gasteiger partial charge in [-0.25, -0.2) is 0 Å². The standard InChI is InChI=1S/C21H26O2/c1-4-21-12-7-15(22)13-14(21)5-6-16-17-9-11-20(3,23)19(17,2)10-8-18(16)21/h1,8,13,16-17,23H,5-7,9-12H2,2-3H3/t16-,17-,19-,20-,21-/m0/s1. The SMILES string of the molecule is C#C[C@]12CCC(=O)C=C1CC[C@@H]1C2=CC[C@@]2(C)[C@H]1CC[C@]2(C)O. The Bertz CT molecular complexity index is 674. The quantitative estimate of drug-likeness (QED) is 0.546. The predicted octanol–water partition coefficient (Wildman–Crippen LogP) is 3.80. The van der Waals surface area contributed by atoms with Crippen LogP contribution in [0, 0.1) is 35.0 Å². The number of aliphatic hydroxyl groups is 1. The van der Waals surface area contributed by atoms with Crippen LogP contribution < -0.4 is 0 Å². The third-order valence-corrected chi connectivity index (χ3v) is 7.72. The second-order valence-corrected chi connectivity index (χ2v) is 8.53. The fourth-order valence-electron chi connectivity index (χ4n) is 6.03. The lowest BCUT2D eigenvalue weighted by Crippen LogP contribution is -2.49. The highest BCUT2D eigenvalue weighted by molar-refractivity contribution is 5.92. The summed E-state index contributed by atoms with van der Waals surface area (Å²) < 4.78 is 0. The first-order chi connectivity index (χ1) is 10.8. The number of fused-ring (bicyclic) bond motifs is 5. The molecule has 4 rings (SSSR count). The molecule has 0 aromatic rings. The maximum Gasteiger partial charge on any atom is 0.155 e. The van der Waals surface area contributed by atoms with E-state index in [1.165, 1.54) is 11.1 Å². The van der Waals surface area contributed by atoms with Gasteiger partial charge in [-0.05, 0) is 74.5 Å². The van der Waals surface area contributed by atoms with Crippen molar-refractivity contribution in [1.82, 2.24) is 0 Å². The number of carbonyl (C=O) groups excluding carboxylic acids is 1. The molecule has 0 saturated heterocycles. The summed E-state index contributed by atoms with van der Waals surface area (Å²) in [4.78, 5) is 11.9. The van der Waals surface area contributed by atoms with Gasteiger partial charge in [-0.3, -0.25) is 4.79 Å². The maximum atomic E-state index is 11.9. The number of hydrogen-bond acceptors (Lipinski definition) is 2. The topological polar surface area (TPSA) is 37.3 Å². The van der Waals surface area contributed by atoms with Crippen LogP contribution in [0.2, 0.25) is 0 Å². The Morgan fingerprint density at radius 1 is 1.26 bits per heavy atom. The molecule has 0 amide bonds. The molecule has 23 heavy (non-hydrogen) atoms. The Labute approximate surface area is 139 Å². The van der Waals surface area contributed by atoms with Crippen LogP contribution >= 0.6 is 0 Å². The molecule has 2 fully saturated rings. The lowest BCUT2D eigenvalue weighted by atomic mass is 9.50. The number of allylic oxidation sites excluding steroid dienone is 4. The zero-order valence-electron chi connectivity index (χ0n) is 14.2. The molecular weight excluding hydrogens is 284 g/mol. The molecule has 1 N–H and O–H groups in total. The average molecular weight is 310 g/mol. The van der Waals surface area contributed by atoms with Crippen LogP contribution in [-0.4, -0.2) is 16.5 Å². The first-order valence-corrected chi connectivity index (χ1v) is 8.99. The molecule has 2 saturated carbocycles. The van der Waals surface area contributed by atoms with E-state index < -0.39 is 5.60 Å². The summed E-state index contributed by atoms with van der Waals surface area (Å²) in [5.74, 6) is 4.32. The lowest BCUT2D eigenvalue weighted by Gasteiger charge is -2.53. The van der Waals surface area contributed by atoms with E-state index in [0.29, 0.717) is 18.3 Å². The van der Waals surface area contributed by atoms with E-state index in [4.69, 9.17) is 6.42 Å². The third kappa shape index (κ3) is 1.78. The highest BCUT2D eigenvalue weighted by Crippen LogP contribution is 2.65. The van der Waals surface area contributed by atoms with Gasteiger partial charge in [0.2, 0.25) is 0 Å². The van der Waals surface area contributed by atoms with E-state index >= 15 is 0 Å². The zero-order chi connectivity index (χ0) is 16.5. The van der Waals surface area contributed by atoms with E-state index in [1.807, 2.05) is 13.0 Å². The Morgan fingerprint density at radius 3 is 2.78 bits per heavy atom. The molecule has 0 radical (unpaired) electrons. The molecule has 122 valence electrons. The van der Waals surface area contributed by atoms with Gasteiger partial charge in [0.25, 0.3) is 0 Å². The van der Waals surface area contributed by atoms with Crippen molar-refractivity contribution in [3.05, 3.63) is 23.3 Å². The second-order valence-electron chi connectivity index (χ2n) is 8.53. The monoisotopic (exact) mass is 310 g/mol. The molecule has 0 bridgehead atoms. The molecule has 0 aromatic carbocycles. The average Bonchev–Trinajstić information content (AvgIpc) is 2.77. The minimum absolute atomic E-state index is 0.0390. The Hall–Kier alpha value is -1.33. The van der Waals surface area contributed by atoms with E-state index in [-0.39, 0.29) is 16.6 Å². The molecule has 4 aliphatic rings. The van der Waals surface area contributed by atoms with Crippen molar-refractivity contribution in [3.63, 3.8) is 0 Å². The van der Waals surface area contributed by atoms with E-state index in [9.17, 15) is 9.90 Å². The molecule has 5 atom stereocenters. The summed E-state index contributed by atoms with van der Waals surface area (Å²) in [7, 11) is 0. The van der Waals surface area contributed by atoms with Gasteiger partial charge in [0.05, 0.1) is 11.0 Å². The summed E-state index contributed by atoms with van der Waals surface area (Å²) in [5, 5.41) is 10.9. The van der Waals surface area contributed by atoms with Crippen LogP contribution in [0.4, 0.5) is 0 Å². The molecular formula is C21H26O2. The number of ketones is 1. The summed E-state index contributed by atoms with van der Waals surface area (Å²) in [6, 6.07) is 0. The van der Waals surface area contributed by atoms with E-state index in [0.717, 1.165) is 38.5 Å². The molecule has 0 aliphatic heterocycles. The van der Waals surface area contributed by atoms with Crippen LogP contribution in [0.25, 0.3) is 0 Å². The van der Waals surface area contributed by atoms with Gasteiger partial charge in [-0.2, -0.15) is 0 Å². The van der Waals surface area contributed by atoms with Gasteiger partial charge >= 0.3 is 0 Å². The molecule has 4 aliphatic carbocycles. The van der Waals surface area contributed by atoms with Crippen LogP contribution in [0.3, 0.4) is 0 Å². The van der Waals surface area contributed by atoms with Gasteiger partial charge in [0, 0.05) is 11.8 Å². The highest BCUT2D eigenvalue weighted by atomic mass is 16.3. The summed E-state index contributed by atoms with van der Waals surface area (Å²) >= 11 is 0. The van der Waals surface area contributed by atoms with E-state index in [1.54, 1.807) is 0 Å². The Kier molecular flexibility index (Phi) is 3.05. The number of rotatable bonds is 0. The fourth-order valence-corrected chi connectivity index (χ4v) is 6.03. The number of terminal acetylenes is 1. The first kappa shape index (κ1) is 15.2. The smallest absolute Gasteiger partial charge is 0.155 e. The predicted molar refractivity (Wildman–Crippen MR) is 90.5 cm³/mol. The van der Waals surface area contributed by atoms with Gasteiger partial charge in [-0.1, -0.05) is 18.9 Å². The first-order valence-electron chi connectivity index (χ1n) is 8.99. The Balaban J connectivity index is 1.82. The minimum Gasteiger partial charge on any atom is -0.390 e. The fraction of sp³-hybridized carbons (Fsp3) is 0.667. The van der Waals surface area contributed by atoms with Crippen LogP contribution in [0.5, 0.6) is 0 Å². The number of hydrogen-bond donors (Lipinski definition) is 1. The highest BCUT2D eigenvalue weighted by Gasteiger charge is 2.60. The second kappa shape index (κ2) is 4.61. The van der Waals surface area contributed by atoms with Crippen LogP contribution in [-0.2, 0) is 4.79 Å². The van der Waals surface area contributed by atoms with Crippen molar-refractivity contribution in [2.75, 3.05) is 0 Å². The zero-order valence-corrected chi connectivity index (χ0v) is 14.2. The molecule has 2 nitrogen and oxygen atoms in total. The summed E-state index contributed by atoms with van der Waals surface area (Å²) in [6.07, 6.45) is 16.4. The van der Waals surface area contributed by atoms with Crippen LogP contribution in [0.15, 0.2) is 23.3 Å². The largest absolute Gasteiger partial charge is 0.390 e. The Morgan fingerprint density at radius 2 is 2.04 bits per heavy atom. The van der Waals surface area contributed by atoms with Crippen molar-refractivity contribution < 1.29 is 9.90 Å². The maximum absolute atomic E-state index is 11.9.